The van der Waals surface area contributed by atoms with Crippen LogP contribution >= 0.6 is 0 Å². The number of nitrogens with zero attached hydrogens (tertiary/aromatic N) is 5. The van der Waals surface area contributed by atoms with Crippen LogP contribution in [0, 0.1) is 0 Å². The Labute approximate surface area is 581 Å². The van der Waals surface area contributed by atoms with Crippen molar-refractivity contribution in [3.63, 3.8) is 0 Å². The van der Waals surface area contributed by atoms with E-state index in [9.17, 15) is 47.9 Å². The lowest BCUT2D eigenvalue weighted by molar-refractivity contribution is 0.0517. The summed E-state index contributed by atoms with van der Waals surface area (Å²) in [5.41, 5.74) is 9.35. The molecule has 0 saturated carbocycles. The van der Waals surface area contributed by atoms with Crippen molar-refractivity contribution in [3.8, 4) is 0 Å². The Kier molecular flexibility index (Phi) is 19.9. The molecule has 15 rings (SSSR count). The number of nitrogens with one attached hydrogen (secondary N) is 5. The quantitative estimate of drug-likeness (QED) is 0.0549. The van der Waals surface area contributed by atoms with E-state index in [1.54, 1.807) is 106 Å². The summed E-state index contributed by atoms with van der Waals surface area (Å²) in [6.07, 6.45) is 0. The smallest absolute Gasteiger partial charge is 0.338 e. The molecule has 0 bridgehead atoms. The maximum absolute atomic E-state index is 12.1. The number of carbonyl (C=O) groups is 10. The average Bonchev–Trinajstić information content (AvgIpc) is 1.65. The molecule has 0 aliphatic carbocycles. The third-order valence-corrected chi connectivity index (χ3v) is 19.8. The van der Waals surface area contributed by atoms with E-state index in [0.29, 0.717) is 65.0 Å². The molecule has 5 aliphatic heterocycles. The Balaban J connectivity index is 0.000000127. The van der Waals surface area contributed by atoms with E-state index in [0.717, 1.165) is 54.5 Å². The lowest BCUT2D eigenvalue weighted by atomic mass is 10.1. The van der Waals surface area contributed by atoms with Crippen LogP contribution in [0.25, 0.3) is 54.5 Å². The van der Waals surface area contributed by atoms with E-state index in [1.807, 2.05) is 108 Å². The van der Waals surface area contributed by atoms with Crippen molar-refractivity contribution < 1.29 is 72.4 Å². The molecule has 101 heavy (non-hydrogen) atoms. The first-order chi connectivity index (χ1) is 48.0. The van der Waals surface area contributed by atoms with Gasteiger partial charge in [0.25, 0.3) is 29.5 Å². The summed E-state index contributed by atoms with van der Waals surface area (Å²) in [5, 5.41) is 37.4. The minimum atomic E-state index is -0.960. The molecule has 0 fully saturated rings. The molecule has 5 aliphatic rings. The second-order valence-electron chi connectivity index (χ2n) is 26.2. The van der Waals surface area contributed by atoms with Gasteiger partial charge in [0.05, 0.1) is 77.8 Å². The molecule has 0 spiro atoms. The van der Waals surface area contributed by atoms with Crippen molar-refractivity contribution >= 4 is 114 Å². The Hall–Kier alpha value is -11.5. The number of ether oxygens (including phenoxy) is 3. The second kappa shape index (κ2) is 28.4. The van der Waals surface area contributed by atoms with Crippen molar-refractivity contribution in [1.29, 1.82) is 0 Å². The Bertz CT molecular complexity index is 4620. The standard InChI is InChI=1S/3C16H18N2O3.2C14H14N2O3/c3*1-4-21-16(20)12-6-5-11-7-14-15(19)17-9(2)10(3)18(14)13(11)8-12;2*1-7-8(2)16-11-6-10(14(18)19)4-3-9(11)5-12(16)13(17)15-7/h3*5-10H,4H2,1-3H3,(H,17,19);2*3-8H,1-2H3,(H,15,17)(H,18,19)/t3*9-,10+;2*7-,8+/m11010/s1. The van der Waals surface area contributed by atoms with Crippen molar-refractivity contribution in [2.75, 3.05) is 19.8 Å². The van der Waals surface area contributed by atoms with Crippen molar-refractivity contribution in [2.45, 2.75) is 150 Å². The maximum atomic E-state index is 12.1. The van der Waals surface area contributed by atoms with Gasteiger partial charge in [-0.2, -0.15) is 0 Å². The van der Waals surface area contributed by atoms with Gasteiger partial charge in [0.1, 0.15) is 28.5 Å². The van der Waals surface area contributed by atoms with Gasteiger partial charge in [0.15, 0.2) is 0 Å². The summed E-state index contributed by atoms with van der Waals surface area (Å²) in [4.78, 5) is 118. The van der Waals surface area contributed by atoms with Crippen LogP contribution in [-0.2, 0) is 14.2 Å². The maximum Gasteiger partial charge on any atom is 0.338 e. The van der Waals surface area contributed by atoms with E-state index in [2.05, 4.69) is 47.4 Å². The molecular formula is C76H82N10O15. The number of carboxylic acids is 2. The minimum Gasteiger partial charge on any atom is -0.478 e. The predicted octanol–water partition coefficient (Wildman–Crippen LogP) is 11.6. The molecular weight excluding hydrogens is 1290 g/mol. The van der Waals surface area contributed by atoms with E-state index in [1.165, 1.54) is 0 Å². The van der Waals surface area contributed by atoms with Crippen LogP contribution in [-0.4, -0.2) is 142 Å². The number of amides is 5. The number of aromatic nitrogens is 5. The SMILES string of the molecule is CCOC(=O)c1ccc2cc3n(c2c1)[C@@H](C)[C@@H](C)NC3=O.CCOC(=O)c1ccc2cc3n(c2c1)[C@@H](C)[C@@H](C)NC3=O.CCOC(=O)c1ccc2cc3n(c2c1)[C@H](C)[C@H](C)NC3=O.C[C@@H]1NC(=O)c2cc3ccc(C(=O)O)cc3n2[C@@H]1C.C[C@H]1NC(=O)c2cc3ccc(C(=O)O)cc3n2[C@H]1C. The Morgan fingerprint density at radius 1 is 0.307 bits per heavy atom. The summed E-state index contributed by atoms with van der Waals surface area (Å²) in [6, 6.07) is 36.0. The molecule has 10 heterocycles. The number of fused-ring (bicyclic) bond motifs is 15. The number of benzene rings is 5. The van der Waals surface area contributed by atoms with Crippen LogP contribution in [0.1, 0.15) is 224 Å². The fourth-order valence-electron chi connectivity index (χ4n) is 13.6. The van der Waals surface area contributed by atoms with Crippen LogP contribution in [0.4, 0.5) is 0 Å². The third-order valence-electron chi connectivity index (χ3n) is 19.8. The zero-order valence-electron chi connectivity index (χ0n) is 58.4. The number of hydrogen-bond donors (Lipinski definition) is 7. The summed E-state index contributed by atoms with van der Waals surface area (Å²) in [5.74, 6) is -3.38. The number of rotatable bonds is 8. The largest absolute Gasteiger partial charge is 0.478 e. The number of hydrogen-bond acceptors (Lipinski definition) is 13. The lowest BCUT2D eigenvalue weighted by Crippen LogP contribution is -2.44. The van der Waals surface area contributed by atoms with Gasteiger partial charge in [-0.1, -0.05) is 30.3 Å². The van der Waals surface area contributed by atoms with E-state index in [4.69, 9.17) is 24.4 Å². The average molecular weight is 1380 g/mol. The van der Waals surface area contributed by atoms with Crippen LogP contribution in [0.5, 0.6) is 0 Å². The number of aromatic carboxylic acids is 2. The monoisotopic (exact) mass is 1370 g/mol. The lowest BCUT2D eigenvalue weighted by Gasteiger charge is -2.30. The van der Waals surface area contributed by atoms with E-state index < -0.39 is 11.9 Å². The molecule has 0 saturated heterocycles. The molecule has 10 atom stereocenters. The molecule has 25 heteroatoms. The van der Waals surface area contributed by atoms with Crippen molar-refractivity contribution in [2.24, 2.45) is 0 Å². The summed E-state index contributed by atoms with van der Waals surface area (Å²) in [6.45, 7) is 26.4. The fourth-order valence-corrected chi connectivity index (χ4v) is 13.6. The number of carbonyl (C=O) groups excluding carboxylic acids is 8. The first-order valence-electron chi connectivity index (χ1n) is 33.8. The summed E-state index contributed by atoms with van der Waals surface area (Å²) in [7, 11) is 0. The fraction of sp³-hybridized carbons (Fsp3) is 0.342. The van der Waals surface area contributed by atoms with Gasteiger partial charge in [0.2, 0.25) is 0 Å². The molecule has 0 unspecified atom stereocenters. The molecule has 25 nitrogen and oxygen atoms in total. The van der Waals surface area contributed by atoms with Crippen LogP contribution in [0.2, 0.25) is 0 Å². The molecule has 10 aromatic rings. The van der Waals surface area contributed by atoms with Gasteiger partial charge in [-0.05, 0) is 181 Å². The van der Waals surface area contributed by atoms with Gasteiger partial charge in [-0.25, -0.2) is 24.0 Å². The van der Waals surface area contributed by atoms with Gasteiger partial charge >= 0.3 is 29.8 Å². The first-order valence-corrected chi connectivity index (χ1v) is 33.8. The highest BCUT2D eigenvalue weighted by Crippen LogP contribution is 2.36. The van der Waals surface area contributed by atoms with E-state index >= 15 is 0 Å². The predicted molar refractivity (Wildman–Crippen MR) is 380 cm³/mol. The molecule has 5 amide bonds. The van der Waals surface area contributed by atoms with E-state index in [-0.39, 0.29) is 119 Å². The van der Waals surface area contributed by atoms with Gasteiger partial charge in [-0.3, -0.25) is 24.0 Å². The highest BCUT2D eigenvalue weighted by Gasteiger charge is 2.35. The van der Waals surface area contributed by atoms with Crippen molar-refractivity contribution in [1.82, 2.24) is 49.4 Å². The zero-order chi connectivity index (χ0) is 72.9. The Morgan fingerprint density at radius 3 is 0.663 bits per heavy atom. The molecule has 5 aromatic carbocycles. The highest BCUT2D eigenvalue weighted by atomic mass is 16.5. The highest BCUT2D eigenvalue weighted by molar-refractivity contribution is 6.06. The van der Waals surface area contributed by atoms with Crippen molar-refractivity contribution in [3.05, 3.63) is 178 Å². The Morgan fingerprint density at radius 2 is 0.485 bits per heavy atom. The number of carboxylic acid groups (broad SMARTS) is 2. The first kappa shape index (κ1) is 70.8. The van der Waals surface area contributed by atoms with Crippen LogP contribution in [0.15, 0.2) is 121 Å². The van der Waals surface area contributed by atoms with Gasteiger partial charge in [0, 0.05) is 84.7 Å². The molecule has 0 radical (unpaired) electrons. The van der Waals surface area contributed by atoms with Crippen LogP contribution in [0.3, 0.4) is 0 Å². The van der Waals surface area contributed by atoms with Crippen LogP contribution < -0.4 is 26.6 Å². The normalized spacial score (nSPS) is 21.4. The summed E-state index contributed by atoms with van der Waals surface area (Å²) >= 11 is 0. The minimum absolute atomic E-state index is 0.0177. The molecule has 5 aromatic heterocycles. The van der Waals surface area contributed by atoms with Gasteiger partial charge < -0.3 is 73.8 Å². The number of esters is 3. The summed E-state index contributed by atoms with van der Waals surface area (Å²) < 4.78 is 25.0. The topological polar surface area (TPSA) is 324 Å². The van der Waals surface area contributed by atoms with Gasteiger partial charge in [-0.15, -0.1) is 0 Å². The molecule has 526 valence electrons. The molecule has 7 N–H and O–H groups in total. The third kappa shape index (κ3) is 13.4. The zero-order valence-corrected chi connectivity index (χ0v) is 58.4. The second-order valence-corrected chi connectivity index (χ2v) is 26.2.